The van der Waals surface area contributed by atoms with Crippen molar-refractivity contribution in [1.82, 2.24) is 0 Å². The van der Waals surface area contributed by atoms with Gasteiger partial charge in [0.05, 0.1) is 6.61 Å². The summed E-state index contributed by atoms with van der Waals surface area (Å²) < 4.78 is 20.5. The molecule has 0 N–H and O–H groups in total. The molecule has 24 heavy (non-hydrogen) atoms. The van der Waals surface area contributed by atoms with E-state index in [4.69, 9.17) is 4.74 Å². The Kier molecular flexibility index (Phi) is 5.90. The maximum absolute atomic E-state index is 14.8. The molecule has 0 atom stereocenters. The lowest BCUT2D eigenvalue weighted by Crippen LogP contribution is -2.08. The van der Waals surface area contributed by atoms with E-state index < -0.39 is 0 Å². The first-order valence-corrected chi connectivity index (χ1v) is 9.33. The molecule has 0 saturated carbocycles. The second-order valence-corrected chi connectivity index (χ2v) is 6.68. The van der Waals surface area contributed by atoms with E-state index in [1.807, 2.05) is 12.1 Å². The Balaban J connectivity index is 1.62. The molecule has 0 aliphatic heterocycles. The Bertz CT molecular complexity index is 678. The minimum atomic E-state index is -0.159. The van der Waals surface area contributed by atoms with Gasteiger partial charge in [0.2, 0.25) is 0 Å². The van der Waals surface area contributed by atoms with E-state index in [0.29, 0.717) is 12.4 Å². The third-order valence-electron chi connectivity index (χ3n) is 4.92. The molecule has 0 bridgehead atoms. The van der Waals surface area contributed by atoms with Crippen LogP contribution in [0.5, 0.6) is 5.75 Å². The summed E-state index contributed by atoms with van der Waals surface area (Å²) in [6.07, 6.45) is 8.95. The maximum Gasteiger partial charge on any atom is 0.168 e. The van der Waals surface area contributed by atoms with E-state index in [1.54, 1.807) is 6.07 Å². The summed E-state index contributed by atoms with van der Waals surface area (Å²) in [5.74, 6) is 0.259. The highest BCUT2D eigenvalue weighted by molar-refractivity contribution is 5.74. The predicted molar refractivity (Wildman–Crippen MR) is 98.1 cm³/mol. The van der Waals surface area contributed by atoms with Gasteiger partial charge in [-0.05, 0) is 47.6 Å². The molecule has 1 nitrogen and oxygen atoms in total. The number of unbranched alkanes of at least 4 members (excludes halogenated alkanes) is 5. The van der Waals surface area contributed by atoms with Gasteiger partial charge in [-0.1, -0.05) is 69.4 Å². The number of benzene rings is 2. The first kappa shape index (κ1) is 17.0. The largest absolute Gasteiger partial charge is 0.491 e. The van der Waals surface area contributed by atoms with Crippen LogP contribution in [-0.2, 0) is 12.8 Å². The van der Waals surface area contributed by atoms with Gasteiger partial charge in [0, 0.05) is 0 Å². The van der Waals surface area contributed by atoms with Crippen LogP contribution >= 0.6 is 0 Å². The lowest BCUT2D eigenvalue weighted by Gasteiger charge is -2.21. The molecule has 0 unspecified atom stereocenters. The van der Waals surface area contributed by atoms with Gasteiger partial charge in [0.1, 0.15) is 0 Å². The molecular formula is C22H27FO. The summed E-state index contributed by atoms with van der Waals surface area (Å²) in [7, 11) is 0. The normalized spacial score (nSPS) is 12.6. The van der Waals surface area contributed by atoms with E-state index in [2.05, 4.69) is 25.1 Å². The lowest BCUT2D eigenvalue weighted by atomic mass is 9.85. The molecule has 0 heterocycles. The maximum atomic E-state index is 14.8. The monoisotopic (exact) mass is 326 g/mol. The molecule has 2 heteroatoms. The fraction of sp³-hybridized carbons (Fsp3) is 0.455. The zero-order valence-corrected chi connectivity index (χ0v) is 14.6. The lowest BCUT2D eigenvalue weighted by molar-refractivity contribution is 0.289. The topological polar surface area (TPSA) is 9.23 Å². The molecule has 0 aromatic heterocycles. The molecule has 2 aromatic rings. The Hall–Kier alpha value is -1.83. The Morgan fingerprint density at radius 1 is 0.875 bits per heavy atom. The summed E-state index contributed by atoms with van der Waals surface area (Å²) in [4.78, 5) is 0. The quantitative estimate of drug-likeness (QED) is 0.515. The number of hydrogen-bond acceptors (Lipinski definition) is 1. The summed E-state index contributed by atoms with van der Waals surface area (Å²) in [6, 6.07) is 12.1. The fourth-order valence-corrected chi connectivity index (χ4v) is 3.53. The number of rotatable bonds is 8. The summed E-state index contributed by atoms with van der Waals surface area (Å²) in [6.45, 7) is 2.83. The van der Waals surface area contributed by atoms with Crippen molar-refractivity contribution < 1.29 is 9.13 Å². The SMILES string of the molecule is CCCCCCCCOc1ccc2c(c1F)CCc1ccccc1-2. The molecule has 0 fully saturated rings. The average molecular weight is 326 g/mol. The molecule has 0 spiro atoms. The van der Waals surface area contributed by atoms with Crippen molar-refractivity contribution in [2.75, 3.05) is 6.61 Å². The fourth-order valence-electron chi connectivity index (χ4n) is 3.53. The minimum absolute atomic E-state index is 0.159. The van der Waals surface area contributed by atoms with Crippen molar-refractivity contribution >= 4 is 0 Å². The van der Waals surface area contributed by atoms with Crippen LogP contribution in [0.3, 0.4) is 0 Å². The summed E-state index contributed by atoms with van der Waals surface area (Å²) in [5, 5.41) is 0. The Labute approximate surface area is 144 Å². The van der Waals surface area contributed by atoms with E-state index in [0.717, 1.165) is 30.4 Å². The molecule has 0 saturated heterocycles. The van der Waals surface area contributed by atoms with Crippen LogP contribution in [0.15, 0.2) is 36.4 Å². The van der Waals surface area contributed by atoms with Crippen LogP contribution in [0.1, 0.15) is 56.6 Å². The first-order chi connectivity index (χ1) is 11.8. The van der Waals surface area contributed by atoms with Crippen molar-refractivity contribution in [2.45, 2.75) is 58.3 Å². The number of fused-ring (bicyclic) bond motifs is 3. The van der Waals surface area contributed by atoms with Crippen molar-refractivity contribution in [1.29, 1.82) is 0 Å². The van der Waals surface area contributed by atoms with Crippen LogP contribution in [-0.4, -0.2) is 6.61 Å². The number of ether oxygens (including phenoxy) is 1. The van der Waals surface area contributed by atoms with Gasteiger partial charge in [-0.3, -0.25) is 0 Å². The van der Waals surface area contributed by atoms with Gasteiger partial charge in [-0.15, -0.1) is 0 Å². The predicted octanol–water partition coefficient (Wildman–Crippen LogP) is 6.33. The zero-order chi connectivity index (χ0) is 16.8. The number of aryl methyl sites for hydroxylation is 1. The van der Waals surface area contributed by atoms with Gasteiger partial charge in [-0.25, -0.2) is 4.39 Å². The van der Waals surface area contributed by atoms with E-state index in [-0.39, 0.29) is 5.82 Å². The third-order valence-corrected chi connectivity index (χ3v) is 4.92. The van der Waals surface area contributed by atoms with Gasteiger partial charge in [0.15, 0.2) is 11.6 Å². The van der Waals surface area contributed by atoms with Gasteiger partial charge < -0.3 is 4.74 Å². The van der Waals surface area contributed by atoms with Crippen LogP contribution in [0.2, 0.25) is 0 Å². The van der Waals surface area contributed by atoms with Crippen LogP contribution in [0.4, 0.5) is 4.39 Å². The van der Waals surface area contributed by atoms with E-state index in [1.165, 1.54) is 43.2 Å². The molecule has 0 radical (unpaired) electrons. The minimum Gasteiger partial charge on any atom is -0.491 e. The van der Waals surface area contributed by atoms with Crippen LogP contribution in [0.25, 0.3) is 11.1 Å². The third kappa shape index (κ3) is 3.80. The van der Waals surface area contributed by atoms with Crippen LogP contribution in [0, 0.1) is 5.82 Å². The van der Waals surface area contributed by atoms with Crippen molar-refractivity contribution in [3.63, 3.8) is 0 Å². The van der Waals surface area contributed by atoms with Crippen LogP contribution < -0.4 is 4.74 Å². The van der Waals surface area contributed by atoms with Crippen molar-refractivity contribution in [2.24, 2.45) is 0 Å². The highest BCUT2D eigenvalue weighted by Gasteiger charge is 2.21. The van der Waals surface area contributed by atoms with Gasteiger partial charge in [-0.2, -0.15) is 0 Å². The molecule has 1 aliphatic rings. The van der Waals surface area contributed by atoms with Gasteiger partial charge in [0.25, 0.3) is 0 Å². The molecule has 2 aromatic carbocycles. The Morgan fingerprint density at radius 3 is 2.54 bits per heavy atom. The zero-order valence-electron chi connectivity index (χ0n) is 14.6. The molecule has 128 valence electrons. The number of halogens is 1. The summed E-state index contributed by atoms with van der Waals surface area (Å²) >= 11 is 0. The summed E-state index contributed by atoms with van der Waals surface area (Å²) in [5.41, 5.74) is 4.32. The highest BCUT2D eigenvalue weighted by atomic mass is 19.1. The van der Waals surface area contributed by atoms with E-state index in [9.17, 15) is 4.39 Å². The van der Waals surface area contributed by atoms with Crippen molar-refractivity contribution in [3.8, 4) is 16.9 Å². The number of hydrogen-bond donors (Lipinski definition) is 0. The molecular weight excluding hydrogens is 299 g/mol. The Morgan fingerprint density at radius 2 is 1.67 bits per heavy atom. The first-order valence-electron chi connectivity index (χ1n) is 9.33. The second-order valence-electron chi connectivity index (χ2n) is 6.68. The smallest absolute Gasteiger partial charge is 0.168 e. The standard InChI is InChI=1S/C22H27FO/c1-2-3-4-5-6-9-16-24-21-15-14-19-18-11-8-7-10-17(18)12-13-20(19)22(21)23/h7-8,10-11,14-15H,2-6,9,12-13,16H2,1H3. The molecule has 0 amide bonds. The average Bonchev–Trinajstić information content (AvgIpc) is 2.62. The molecule has 1 aliphatic carbocycles. The second kappa shape index (κ2) is 8.32. The van der Waals surface area contributed by atoms with E-state index >= 15 is 0 Å². The highest BCUT2D eigenvalue weighted by Crippen LogP contribution is 2.37. The molecule has 3 rings (SSSR count). The van der Waals surface area contributed by atoms with Gasteiger partial charge >= 0.3 is 0 Å². The van der Waals surface area contributed by atoms with Crippen molar-refractivity contribution in [3.05, 3.63) is 53.3 Å².